The van der Waals surface area contributed by atoms with Crippen LogP contribution in [0.5, 0.6) is 0 Å². The van der Waals surface area contributed by atoms with Crippen LogP contribution in [0.4, 0.5) is 0 Å². The fraction of sp³-hybridized carbons (Fsp3) is 0.222. The number of hydrogen-bond acceptors (Lipinski definition) is 3. The molecule has 2 aromatic carbocycles. The Morgan fingerprint density at radius 3 is 1.86 bits per heavy atom. The maximum Gasteiger partial charge on any atom is 0.364 e. The van der Waals surface area contributed by atoms with Gasteiger partial charge in [0.1, 0.15) is 0 Å². The molecular formula is C18H16N4. The van der Waals surface area contributed by atoms with Gasteiger partial charge in [-0.1, -0.05) is 53.6 Å². The minimum absolute atomic E-state index is 0.752. The molecule has 0 bridgehead atoms. The molecule has 0 amide bonds. The van der Waals surface area contributed by atoms with Gasteiger partial charge in [0.25, 0.3) is 0 Å². The second kappa shape index (κ2) is 6.20. The SMILES string of the molecule is [C-]#[N+]C(C)(N=NC(C)(C#N)c1ccccc1)c1ccccc1. The summed E-state index contributed by atoms with van der Waals surface area (Å²) < 4.78 is 0. The number of benzene rings is 2. The van der Waals surface area contributed by atoms with Crippen LogP contribution in [-0.4, -0.2) is 0 Å². The van der Waals surface area contributed by atoms with Crippen molar-refractivity contribution in [2.75, 3.05) is 0 Å². The highest BCUT2D eigenvalue weighted by Gasteiger charge is 2.35. The molecular weight excluding hydrogens is 272 g/mol. The maximum atomic E-state index is 9.50. The predicted octanol–water partition coefficient (Wildman–Crippen LogP) is 4.67. The van der Waals surface area contributed by atoms with Crippen molar-refractivity contribution in [1.82, 2.24) is 0 Å². The number of azo groups is 1. The van der Waals surface area contributed by atoms with E-state index in [0.717, 1.165) is 11.1 Å². The summed E-state index contributed by atoms with van der Waals surface area (Å²) >= 11 is 0. The molecule has 2 unspecified atom stereocenters. The van der Waals surface area contributed by atoms with Crippen molar-refractivity contribution in [1.29, 1.82) is 5.26 Å². The van der Waals surface area contributed by atoms with Gasteiger partial charge in [0.15, 0.2) is 5.54 Å². The first-order valence-electron chi connectivity index (χ1n) is 6.89. The largest absolute Gasteiger partial charge is 0.364 e. The van der Waals surface area contributed by atoms with E-state index in [1.54, 1.807) is 13.8 Å². The van der Waals surface area contributed by atoms with Crippen molar-refractivity contribution in [3.63, 3.8) is 0 Å². The van der Waals surface area contributed by atoms with Gasteiger partial charge in [0.05, 0.1) is 11.6 Å². The van der Waals surface area contributed by atoms with E-state index in [0.29, 0.717) is 0 Å². The minimum atomic E-state index is -1.13. The number of nitriles is 1. The van der Waals surface area contributed by atoms with Crippen LogP contribution >= 0.6 is 0 Å². The average molecular weight is 288 g/mol. The van der Waals surface area contributed by atoms with Crippen LogP contribution in [0.2, 0.25) is 0 Å². The molecule has 0 spiro atoms. The molecule has 0 saturated carbocycles. The molecule has 4 heteroatoms. The zero-order chi connectivity index (χ0) is 16.1. The number of hydrogen-bond donors (Lipinski definition) is 0. The lowest BCUT2D eigenvalue weighted by Crippen LogP contribution is -2.19. The lowest BCUT2D eigenvalue weighted by atomic mass is 9.95. The third-order valence-corrected chi connectivity index (χ3v) is 3.54. The summed E-state index contributed by atoms with van der Waals surface area (Å²) in [7, 11) is 0. The van der Waals surface area contributed by atoms with Crippen LogP contribution < -0.4 is 0 Å². The van der Waals surface area contributed by atoms with Crippen molar-refractivity contribution in [2.24, 2.45) is 10.2 Å². The lowest BCUT2D eigenvalue weighted by Gasteiger charge is -2.17. The Balaban J connectivity index is 2.41. The molecule has 0 fully saturated rings. The maximum absolute atomic E-state index is 9.50. The van der Waals surface area contributed by atoms with E-state index in [-0.39, 0.29) is 0 Å². The lowest BCUT2D eigenvalue weighted by molar-refractivity contribution is 0.507. The zero-order valence-electron chi connectivity index (χ0n) is 12.6. The summed E-state index contributed by atoms with van der Waals surface area (Å²) in [5, 5.41) is 17.9. The summed E-state index contributed by atoms with van der Waals surface area (Å²) in [4.78, 5) is 3.60. The van der Waals surface area contributed by atoms with E-state index < -0.39 is 11.2 Å². The standard InChI is InChI=1S/C18H16N4/c1-17(14-19,15-10-6-4-7-11-15)21-22-18(2,20-3)16-12-8-5-9-13-16/h4-13H,1-2H3. The van der Waals surface area contributed by atoms with Gasteiger partial charge in [-0.15, -0.1) is 0 Å². The van der Waals surface area contributed by atoms with Gasteiger partial charge in [-0.2, -0.15) is 10.4 Å². The minimum Gasteiger partial charge on any atom is -0.279 e. The molecule has 2 rings (SSSR count). The Morgan fingerprint density at radius 2 is 1.41 bits per heavy atom. The smallest absolute Gasteiger partial charge is 0.279 e. The first kappa shape index (κ1) is 15.4. The molecule has 22 heavy (non-hydrogen) atoms. The van der Waals surface area contributed by atoms with Crippen LogP contribution in [0.15, 0.2) is 70.9 Å². The highest BCUT2D eigenvalue weighted by molar-refractivity contribution is 5.31. The van der Waals surface area contributed by atoms with E-state index in [1.165, 1.54) is 0 Å². The van der Waals surface area contributed by atoms with Gasteiger partial charge in [-0.05, 0) is 24.6 Å². The molecule has 2 atom stereocenters. The van der Waals surface area contributed by atoms with E-state index in [2.05, 4.69) is 21.1 Å². The second-order valence-corrected chi connectivity index (χ2v) is 5.25. The van der Waals surface area contributed by atoms with E-state index in [1.807, 2.05) is 60.7 Å². The van der Waals surface area contributed by atoms with Crippen molar-refractivity contribution in [3.8, 4) is 6.07 Å². The summed E-state index contributed by atoms with van der Waals surface area (Å²) in [5.74, 6) is 0. The molecule has 0 aliphatic carbocycles. The summed E-state index contributed by atoms with van der Waals surface area (Å²) in [6.45, 7) is 10.8. The van der Waals surface area contributed by atoms with E-state index >= 15 is 0 Å². The van der Waals surface area contributed by atoms with Gasteiger partial charge in [0, 0.05) is 6.92 Å². The molecule has 0 aliphatic rings. The van der Waals surface area contributed by atoms with Crippen molar-refractivity contribution < 1.29 is 0 Å². The summed E-state index contributed by atoms with van der Waals surface area (Å²) in [6.07, 6.45) is 0. The van der Waals surface area contributed by atoms with E-state index in [9.17, 15) is 5.26 Å². The molecule has 2 aromatic rings. The Labute approximate surface area is 130 Å². The molecule has 0 saturated heterocycles. The predicted molar refractivity (Wildman–Crippen MR) is 84.7 cm³/mol. The van der Waals surface area contributed by atoms with Crippen LogP contribution in [0, 0.1) is 17.9 Å². The fourth-order valence-corrected chi connectivity index (χ4v) is 2.00. The topological polar surface area (TPSA) is 52.9 Å². The van der Waals surface area contributed by atoms with Gasteiger partial charge in [-0.3, -0.25) is 4.85 Å². The van der Waals surface area contributed by atoms with Crippen molar-refractivity contribution in [3.05, 3.63) is 83.2 Å². The summed E-state index contributed by atoms with van der Waals surface area (Å²) in [5.41, 5.74) is -0.736. The number of nitrogens with zero attached hydrogens (tertiary/aromatic N) is 4. The van der Waals surface area contributed by atoms with Crippen molar-refractivity contribution >= 4 is 0 Å². The molecule has 0 radical (unpaired) electrons. The van der Waals surface area contributed by atoms with Crippen LogP contribution in [0.25, 0.3) is 4.85 Å². The molecule has 0 N–H and O–H groups in total. The molecule has 0 aromatic heterocycles. The normalized spacial score (nSPS) is 16.2. The quantitative estimate of drug-likeness (QED) is 0.595. The number of rotatable bonds is 4. The highest BCUT2D eigenvalue weighted by atomic mass is 15.2. The Bertz CT molecular complexity index is 675. The van der Waals surface area contributed by atoms with Gasteiger partial charge in [0.2, 0.25) is 0 Å². The third kappa shape index (κ3) is 3.02. The highest BCUT2D eigenvalue weighted by Crippen LogP contribution is 2.31. The van der Waals surface area contributed by atoms with Crippen molar-refractivity contribution in [2.45, 2.75) is 25.0 Å². The fourth-order valence-electron chi connectivity index (χ4n) is 2.00. The second-order valence-electron chi connectivity index (χ2n) is 5.25. The summed E-state index contributed by atoms with van der Waals surface area (Å²) in [6, 6.07) is 20.7. The average Bonchev–Trinajstić information content (AvgIpc) is 2.61. The molecule has 4 nitrogen and oxygen atoms in total. The van der Waals surface area contributed by atoms with Gasteiger partial charge < -0.3 is 0 Å². The molecule has 108 valence electrons. The Kier molecular flexibility index (Phi) is 4.34. The van der Waals surface area contributed by atoms with Gasteiger partial charge in [-0.25, -0.2) is 6.57 Å². The monoisotopic (exact) mass is 288 g/mol. The van der Waals surface area contributed by atoms with Crippen LogP contribution in [0.3, 0.4) is 0 Å². The van der Waals surface area contributed by atoms with Gasteiger partial charge >= 0.3 is 5.66 Å². The zero-order valence-corrected chi connectivity index (χ0v) is 12.6. The van der Waals surface area contributed by atoms with Crippen LogP contribution in [0.1, 0.15) is 25.0 Å². The third-order valence-electron chi connectivity index (χ3n) is 3.54. The van der Waals surface area contributed by atoms with E-state index in [4.69, 9.17) is 6.57 Å². The Hall–Kier alpha value is -2.98. The first-order chi connectivity index (χ1) is 10.5. The molecule has 0 heterocycles. The Morgan fingerprint density at radius 1 is 0.909 bits per heavy atom. The molecule has 0 aliphatic heterocycles. The van der Waals surface area contributed by atoms with Crippen LogP contribution in [-0.2, 0) is 11.2 Å². The first-order valence-corrected chi connectivity index (χ1v) is 6.89.